The number of nitrogens with zero attached hydrogens (tertiary/aromatic N) is 4. The summed E-state index contributed by atoms with van der Waals surface area (Å²) in [6, 6.07) is 4.24. The maximum atomic E-state index is 12.7. The SMILES string of the molecule is COc1nc(CNS(=O)(=O)c2ccc3oc(=O)[nH]c3c2)nc(N2CCCCC2)n1. The van der Waals surface area contributed by atoms with E-state index in [1.165, 1.54) is 25.3 Å². The summed E-state index contributed by atoms with van der Waals surface area (Å²) >= 11 is 0. The van der Waals surface area contributed by atoms with Crippen molar-refractivity contribution in [2.75, 3.05) is 25.1 Å². The van der Waals surface area contributed by atoms with Gasteiger partial charge >= 0.3 is 11.8 Å². The third-order valence-electron chi connectivity index (χ3n) is 4.59. The Balaban J connectivity index is 1.55. The number of fused-ring (bicyclic) bond motifs is 1. The summed E-state index contributed by atoms with van der Waals surface area (Å²) in [4.78, 5) is 28.5. The number of rotatable bonds is 6. The molecule has 2 N–H and O–H groups in total. The lowest BCUT2D eigenvalue weighted by atomic mass is 10.1. The molecule has 0 atom stereocenters. The number of ether oxygens (including phenoxy) is 1. The first-order chi connectivity index (χ1) is 13.9. The third-order valence-corrected chi connectivity index (χ3v) is 5.99. The number of anilines is 1. The van der Waals surface area contributed by atoms with Crippen molar-refractivity contribution in [3.05, 3.63) is 34.6 Å². The van der Waals surface area contributed by atoms with Gasteiger partial charge in [0.2, 0.25) is 16.0 Å². The molecule has 0 unspecified atom stereocenters. The lowest BCUT2D eigenvalue weighted by molar-refractivity contribution is 0.374. The number of piperidine rings is 1. The molecule has 2 aromatic heterocycles. The average molecular weight is 420 g/mol. The topological polar surface area (TPSA) is 143 Å². The fourth-order valence-corrected chi connectivity index (χ4v) is 4.14. The molecule has 0 spiro atoms. The molecule has 154 valence electrons. The van der Waals surface area contributed by atoms with E-state index < -0.39 is 15.8 Å². The molecule has 0 bridgehead atoms. The number of methoxy groups -OCH3 is 1. The number of sulfonamides is 1. The van der Waals surface area contributed by atoms with E-state index in [0.717, 1.165) is 32.4 Å². The number of oxazole rings is 1. The molecule has 29 heavy (non-hydrogen) atoms. The van der Waals surface area contributed by atoms with E-state index in [0.29, 0.717) is 11.5 Å². The van der Waals surface area contributed by atoms with Gasteiger partial charge in [-0.05, 0) is 37.5 Å². The van der Waals surface area contributed by atoms with E-state index in [2.05, 4.69) is 24.7 Å². The van der Waals surface area contributed by atoms with Crippen molar-refractivity contribution in [2.45, 2.75) is 30.7 Å². The molecule has 3 aromatic rings. The van der Waals surface area contributed by atoms with Gasteiger partial charge in [0.15, 0.2) is 11.4 Å². The van der Waals surface area contributed by atoms with Gasteiger partial charge in [-0.3, -0.25) is 4.98 Å². The van der Waals surface area contributed by atoms with Gasteiger partial charge < -0.3 is 14.1 Å². The Morgan fingerprint density at radius 3 is 2.76 bits per heavy atom. The van der Waals surface area contributed by atoms with Crippen LogP contribution in [-0.2, 0) is 16.6 Å². The van der Waals surface area contributed by atoms with Gasteiger partial charge in [-0.2, -0.15) is 15.0 Å². The smallest absolute Gasteiger partial charge is 0.417 e. The van der Waals surface area contributed by atoms with Crippen molar-refractivity contribution < 1.29 is 17.6 Å². The fraction of sp³-hybridized carbons (Fsp3) is 0.412. The second-order valence-electron chi connectivity index (χ2n) is 6.58. The van der Waals surface area contributed by atoms with Crippen molar-refractivity contribution in [2.24, 2.45) is 0 Å². The Bertz CT molecular complexity index is 1180. The standard InChI is InChI=1S/C17H20N6O5S/c1-27-16-21-14(20-15(22-16)23-7-3-2-4-8-23)10-18-29(25,26)11-5-6-13-12(9-11)19-17(24)28-13/h5-6,9,18H,2-4,7-8,10H2,1H3,(H,19,24). The number of H-pyrrole nitrogens is 1. The normalized spacial score (nSPS) is 15.0. The van der Waals surface area contributed by atoms with E-state index in [-0.39, 0.29) is 28.9 Å². The molecular weight excluding hydrogens is 400 g/mol. The summed E-state index contributed by atoms with van der Waals surface area (Å²) in [6.45, 7) is 1.53. The second-order valence-corrected chi connectivity index (χ2v) is 8.35. The predicted octanol–water partition coefficient (Wildman–Crippen LogP) is 0.783. The van der Waals surface area contributed by atoms with Gasteiger partial charge in [-0.1, -0.05) is 0 Å². The molecule has 12 heteroatoms. The Morgan fingerprint density at radius 1 is 1.21 bits per heavy atom. The van der Waals surface area contributed by atoms with Gasteiger partial charge in [0.1, 0.15) is 0 Å². The maximum absolute atomic E-state index is 12.7. The zero-order valence-electron chi connectivity index (χ0n) is 15.7. The highest BCUT2D eigenvalue weighted by Crippen LogP contribution is 2.19. The lowest BCUT2D eigenvalue weighted by Crippen LogP contribution is -2.32. The molecule has 4 rings (SSSR count). The average Bonchev–Trinajstić information content (AvgIpc) is 3.12. The molecular formula is C17H20N6O5S. The number of aromatic amines is 1. The molecule has 3 heterocycles. The monoisotopic (exact) mass is 420 g/mol. The summed E-state index contributed by atoms with van der Waals surface area (Å²) in [7, 11) is -2.42. The van der Waals surface area contributed by atoms with Crippen LogP contribution in [0, 0.1) is 0 Å². The van der Waals surface area contributed by atoms with Gasteiger partial charge in [0.25, 0.3) is 0 Å². The summed E-state index contributed by atoms with van der Waals surface area (Å²) in [5.74, 6) is 0.0759. The van der Waals surface area contributed by atoms with E-state index in [1.54, 1.807) is 0 Å². The van der Waals surface area contributed by atoms with Crippen LogP contribution in [-0.4, -0.2) is 48.6 Å². The van der Waals surface area contributed by atoms with Crippen molar-refractivity contribution in [1.29, 1.82) is 0 Å². The minimum absolute atomic E-state index is 0.0145. The molecule has 1 aliphatic heterocycles. The van der Waals surface area contributed by atoms with Gasteiger partial charge in [-0.25, -0.2) is 17.9 Å². The van der Waals surface area contributed by atoms with E-state index in [4.69, 9.17) is 9.15 Å². The van der Waals surface area contributed by atoms with E-state index >= 15 is 0 Å². The first kappa shape index (κ1) is 19.3. The molecule has 1 saturated heterocycles. The number of nitrogens with one attached hydrogen (secondary N) is 2. The molecule has 0 radical (unpaired) electrons. The first-order valence-corrected chi connectivity index (χ1v) is 10.6. The Kier molecular flexibility index (Phi) is 5.20. The lowest BCUT2D eigenvalue weighted by Gasteiger charge is -2.26. The largest absolute Gasteiger partial charge is 0.467 e. The highest BCUT2D eigenvalue weighted by molar-refractivity contribution is 7.89. The molecule has 0 amide bonds. The second kappa shape index (κ2) is 7.79. The van der Waals surface area contributed by atoms with E-state index in [9.17, 15) is 13.2 Å². The summed E-state index contributed by atoms with van der Waals surface area (Å²) < 4.78 is 37.8. The van der Waals surface area contributed by atoms with Gasteiger partial charge in [0, 0.05) is 13.1 Å². The third kappa shape index (κ3) is 4.22. The van der Waals surface area contributed by atoms with Crippen LogP contribution >= 0.6 is 0 Å². The van der Waals surface area contributed by atoms with Crippen LogP contribution in [0.4, 0.5) is 5.95 Å². The molecule has 0 saturated carbocycles. The van der Waals surface area contributed by atoms with Crippen molar-refractivity contribution >= 4 is 27.1 Å². The van der Waals surface area contributed by atoms with Crippen LogP contribution in [0.25, 0.3) is 11.1 Å². The molecule has 11 nitrogen and oxygen atoms in total. The van der Waals surface area contributed by atoms with Crippen molar-refractivity contribution in [3.8, 4) is 6.01 Å². The Labute approximate surface area is 166 Å². The minimum Gasteiger partial charge on any atom is -0.467 e. The van der Waals surface area contributed by atoms with E-state index in [1.807, 2.05) is 4.90 Å². The quantitative estimate of drug-likeness (QED) is 0.591. The van der Waals surface area contributed by atoms with Crippen LogP contribution in [0.5, 0.6) is 6.01 Å². The Hall–Kier alpha value is -2.99. The zero-order valence-corrected chi connectivity index (χ0v) is 16.5. The number of hydrogen-bond acceptors (Lipinski definition) is 9. The predicted molar refractivity (Wildman–Crippen MR) is 103 cm³/mol. The highest BCUT2D eigenvalue weighted by atomic mass is 32.2. The van der Waals surface area contributed by atoms with Crippen molar-refractivity contribution in [1.82, 2.24) is 24.7 Å². The highest BCUT2D eigenvalue weighted by Gasteiger charge is 2.19. The van der Waals surface area contributed by atoms with Crippen LogP contribution in [0.3, 0.4) is 0 Å². The number of hydrogen-bond donors (Lipinski definition) is 2. The van der Waals surface area contributed by atoms with Crippen molar-refractivity contribution in [3.63, 3.8) is 0 Å². The minimum atomic E-state index is -3.87. The van der Waals surface area contributed by atoms with Crippen LogP contribution < -0.4 is 20.1 Å². The van der Waals surface area contributed by atoms with Crippen LogP contribution in [0.2, 0.25) is 0 Å². The van der Waals surface area contributed by atoms with Gasteiger partial charge in [-0.15, -0.1) is 0 Å². The number of benzene rings is 1. The molecule has 1 aromatic carbocycles. The summed E-state index contributed by atoms with van der Waals surface area (Å²) in [5.41, 5.74) is 0.578. The Morgan fingerprint density at radius 2 is 2.00 bits per heavy atom. The molecule has 1 fully saturated rings. The first-order valence-electron chi connectivity index (χ1n) is 9.11. The zero-order chi connectivity index (χ0) is 20.4. The maximum Gasteiger partial charge on any atom is 0.417 e. The summed E-state index contributed by atoms with van der Waals surface area (Å²) in [6.07, 6.45) is 3.26. The number of aromatic nitrogens is 4. The van der Waals surface area contributed by atoms with Crippen LogP contribution in [0.15, 0.2) is 32.3 Å². The summed E-state index contributed by atoms with van der Waals surface area (Å²) in [5, 5.41) is 0. The fourth-order valence-electron chi connectivity index (χ4n) is 3.13. The molecule has 0 aliphatic carbocycles. The van der Waals surface area contributed by atoms with Crippen LogP contribution in [0.1, 0.15) is 25.1 Å². The van der Waals surface area contributed by atoms with Gasteiger partial charge in [0.05, 0.1) is 24.1 Å². The molecule has 1 aliphatic rings.